The number of carbonyl (C=O) groups is 1. The van der Waals surface area contributed by atoms with Crippen LogP contribution < -0.4 is 5.32 Å². The first kappa shape index (κ1) is 17.1. The third kappa shape index (κ3) is 6.99. The minimum absolute atomic E-state index is 0.0266. The van der Waals surface area contributed by atoms with E-state index in [1.807, 2.05) is 17.1 Å². The van der Waals surface area contributed by atoms with E-state index in [-0.39, 0.29) is 12.5 Å². The van der Waals surface area contributed by atoms with Crippen molar-refractivity contribution in [3.63, 3.8) is 0 Å². The third-order valence-electron chi connectivity index (χ3n) is 2.62. The molecule has 20 heavy (non-hydrogen) atoms. The zero-order valence-corrected chi connectivity index (χ0v) is 13.4. The van der Waals surface area contributed by atoms with Gasteiger partial charge in [0.1, 0.15) is 0 Å². The van der Waals surface area contributed by atoms with Crippen LogP contribution in [0.25, 0.3) is 0 Å². The minimum Gasteiger partial charge on any atom is -0.395 e. The lowest BCUT2D eigenvalue weighted by molar-refractivity contribution is 0.0953. The normalized spacial score (nSPS) is 9.90. The first-order valence-corrected chi connectivity index (χ1v) is 9.00. The van der Waals surface area contributed by atoms with Crippen molar-refractivity contribution in [1.29, 1.82) is 0 Å². The van der Waals surface area contributed by atoms with Crippen LogP contribution >= 0.6 is 23.1 Å². The van der Waals surface area contributed by atoms with E-state index >= 15 is 0 Å². The van der Waals surface area contributed by atoms with Gasteiger partial charge in [0.05, 0.1) is 17.0 Å². The van der Waals surface area contributed by atoms with E-state index in [0.717, 1.165) is 24.3 Å². The fourth-order valence-corrected chi connectivity index (χ4v) is 2.83. The van der Waals surface area contributed by atoms with Crippen LogP contribution in [0.1, 0.15) is 40.9 Å². The molecule has 1 amide bonds. The van der Waals surface area contributed by atoms with Crippen molar-refractivity contribution in [2.45, 2.75) is 25.7 Å². The minimum atomic E-state index is -0.0266. The van der Waals surface area contributed by atoms with Gasteiger partial charge in [-0.1, -0.05) is 18.3 Å². The Hall–Kier alpha value is -0.960. The molecule has 0 atom stereocenters. The van der Waals surface area contributed by atoms with Crippen LogP contribution in [0.2, 0.25) is 0 Å². The molecule has 0 aliphatic carbocycles. The first-order valence-electron chi connectivity index (χ1n) is 6.73. The van der Waals surface area contributed by atoms with Crippen LogP contribution in [0.5, 0.6) is 0 Å². The summed E-state index contributed by atoms with van der Waals surface area (Å²) < 4.78 is 0. The number of thioether (sulfide) groups is 1. The average Bonchev–Trinajstić information content (AvgIpc) is 2.92. The molecule has 0 aliphatic rings. The molecule has 1 rings (SSSR count). The number of hydrogen-bond acceptors (Lipinski definition) is 4. The van der Waals surface area contributed by atoms with Crippen LogP contribution in [0.4, 0.5) is 0 Å². The Morgan fingerprint density at radius 3 is 3.05 bits per heavy atom. The van der Waals surface area contributed by atoms with Crippen molar-refractivity contribution in [3.05, 3.63) is 21.9 Å². The summed E-state index contributed by atoms with van der Waals surface area (Å²) in [6.45, 7) is 0.802. The highest BCUT2D eigenvalue weighted by Gasteiger charge is 2.06. The Morgan fingerprint density at radius 1 is 1.45 bits per heavy atom. The highest BCUT2D eigenvalue weighted by Crippen LogP contribution is 2.13. The summed E-state index contributed by atoms with van der Waals surface area (Å²) in [7, 11) is 0. The number of unbranched alkanes of at least 4 members (excludes halogenated alkanes) is 2. The highest BCUT2D eigenvalue weighted by atomic mass is 32.2. The predicted octanol–water partition coefficient (Wildman–Crippen LogP) is 2.75. The molecule has 0 fully saturated rings. The number of rotatable bonds is 8. The summed E-state index contributed by atoms with van der Waals surface area (Å²) in [5.74, 6) is 6.95. The number of nitrogens with one attached hydrogen (secondary N) is 1. The van der Waals surface area contributed by atoms with Gasteiger partial charge in [-0.3, -0.25) is 4.79 Å². The second-order valence-corrected chi connectivity index (χ2v) is 6.18. The first-order chi connectivity index (χ1) is 9.77. The zero-order chi connectivity index (χ0) is 14.6. The van der Waals surface area contributed by atoms with Gasteiger partial charge in [0.15, 0.2) is 0 Å². The molecule has 0 aliphatic heterocycles. The summed E-state index contributed by atoms with van der Waals surface area (Å²) >= 11 is 3.32. The number of carbonyl (C=O) groups excluding carboxylic acids is 1. The van der Waals surface area contributed by atoms with Crippen LogP contribution in [0.15, 0.2) is 11.4 Å². The molecular formula is C15H21NO2S2. The van der Waals surface area contributed by atoms with E-state index in [2.05, 4.69) is 23.4 Å². The lowest BCUT2D eigenvalue weighted by atomic mass is 10.2. The average molecular weight is 311 g/mol. The van der Waals surface area contributed by atoms with E-state index in [0.29, 0.717) is 12.0 Å². The smallest absolute Gasteiger partial charge is 0.252 e. The summed E-state index contributed by atoms with van der Waals surface area (Å²) in [4.78, 5) is 12.7. The lowest BCUT2D eigenvalue weighted by Gasteiger charge is -2.03. The van der Waals surface area contributed by atoms with Gasteiger partial charge >= 0.3 is 0 Å². The molecule has 0 radical (unpaired) electrons. The van der Waals surface area contributed by atoms with Crippen molar-refractivity contribution in [1.82, 2.24) is 5.32 Å². The van der Waals surface area contributed by atoms with Gasteiger partial charge in [-0.2, -0.15) is 11.8 Å². The molecular weight excluding hydrogens is 290 g/mol. The number of thiophene rings is 1. The Kier molecular flexibility index (Phi) is 9.22. The van der Waals surface area contributed by atoms with E-state index in [1.165, 1.54) is 23.5 Å². The van der Waals surface area contributed by atoms with Gasteiger partial charge in [-0.25, -0.2) is 0 Å². The standard InChI is InChI=1S/C15H21NO2S2/c1-19-10-6-2-4-8-16-15(18)13-11-14(20-12-13)7-3-5-9-17/h11-12,17H,2,4-6,8-10H2,1H3,(H,16,18). The number of aliphatic hydroxyl groups excluding tert-OH is 1. The van der Waals surface area contributed by atoms with Gasteiger partial charge in [-0.15, -0.1) is 11.3 Å². The molecule has 2 N–H and O–H groups in total. The second kappa shape index (κ2) is 10.8. The number of hydrogen-bond donors (Lipinski definition) is 2. The molecule has 0 spiro atoms. The maximum atomic E-state index is 11.9. The Balaban J connectivity index is 2.28. The fraction of sp³-hybridized carbons (Fsp3) is 0.533. The summed E-state index contributed by atoms with van der Waals surface area (Å²) in [5, 5.41) is 13.4. The van der Waals surface area contributed by atoms with Crippen molar-refractivity contribution in [3.8, 4) is 11.8 Å². The Morgan fingerprint density at radius 2 is 2.30 bits per heavy atom. The molecule has 110 valence electrons. The molecule has 0 saturated heterocycles. The molecule has 3 nitrogen and oxygen atoms in total. The van der Waals surface area contributed by atoms with Crippen molar-refractivity contribution in [2.24, 2.45) is 0 Å². The maximum absolute atomic E-state index is 11.9. The lowest BCUT2D eigenvalue weighted by Crippen LogP contribution is -2.23. The van der Waals surface area contributed by atoms with Gasteiger partial charge in [0.25, 0.3) is 5.91 Å². The Bertz CT molecular complexity index is 460. The van der Waals surface area contributed by atoms with E-state index in [4.69, 9.17) is 5.11 Å². The molecule has 5 heteroatoms. The summed E-state index contributed by atoms with van der Waals surface area (Å²) in [5.41, 5.74) is 0.674. The SMILES string of the molecule is CSCCCCCNC(=O)c1csc(C#CCCO)c1. The zero-order valence-electron chi connectivity index (χ0n) is 11.8. The fourth-order valence-electron chi connectivity index (χ4n) is 1.58. The van der Waals surface area contributed by atoms with Crippen molar-refractivity contribution in [2.75, 3.05) is 25.2 Å². The Labute approximate surface area is 129 Å². The van der Waals surface area contributed by atoms with E-state index in [1.54, 1.807) is 6.07 Å². The van der Waals surface area contributed by atoms with Crippen molar-refractivity contribution >= 4 is 29.0 Å². The maximum Gasteiger partial charge on any atom is 0.252 e. The van der Waals surface area contributed by atoms with E-state index in [9.17, 15) is 4.79 Å². The quantitative estimate of drug-likeness (QED) is 0.573. The molecule has 0 aromatic carbocycles. The van der Waals surface area contributed by atoms with Gasteiger partial charge in [-0.05, 0) is 30.9 Å². The number of amides is 1. The van der Waals surface area contributed by atoms with Crippen LogP contribution in [0.3, 0.4) is 0 Å². The summed E-state index contributed by atoms with van der Waals surface area (Å²) in [6.07, 6.45) is 5.97. The van der Waals surface area contributed by atoms with Gasteiger partial charge in [0.2, 0.25) is 0 Å². The van der Waals surface area contributed by atoms with Gasteiger partial charge < -0.3 is 10.4 Å². The van der Waals surface area contributed by atoms with E-state index < -0.39 is 0 Å². The van der Waals surface area contributed by atoms with Crippen molar-refractivity contribution < 1.29 is 9.90 Å². The van der Waals surface area contributed by atoms with Crippen LogP contribution in [-0.4, -0.2) is 36.2 Å². The molecule has 1 aromatic rings. The summed E-state index contributed by atoms with van der Waals surface area (Å²) in [6, 6.07) is 1.80. The molecule has 1 aromatic heterocycles. The molecule has 0 unspecified atom stereocenters. The second-order valence-electron chi connectivity index (χ2n) is 4.28. The topological polar surface area (TPSA) is 49.3 Å². The van der Waals surface area contributed by atoms with Gasteiger partial charge in [0, 0.05) is 18.3 Å². The molecule has 0 saturated carbocycles. The molecule has 1 heterocycles. The molecule has 0 bridgehead atoms. The highest BCUT2D eigenvalue weighted by molar-refractivity contribution is 7.98. The third-order valence-corrected chi connectivity index (χ3v) is 4.16. The monoisotopic (exact) mass is 311 g/mol. The predicted molar refractivity (Wildman–Crippen MR) is 87.5 cm³/mol. The van der Waals surface area contributed by atoms with Crippen LogP contribution in [0, 0.1) is 11.8 Å². The number of aliphatic hydroxyl groups is 1. The largest absolute Gasteiger partial charge is 0.395 e. The van der Waals surface area contributed by atoms with Crippen LogP contribution in [-0.2, 0) is 0 Å².